The zero-order valence-corrected chi connectivity index (χ0v) is 9.90. The Morgan fingerprint density at radius 2 is 2.12 bits per heavy atom. The molecule has 1 unspecified atom stereocenters. The average Bonchev–Trinajstić information content (AvgIpc) is 2.18. The van der Waals surface area contributed by atoms with E-state index in [1.165, 1.54) is 0 Å². The standard InChI is InChI=1S/C11H19N3O2/c1-8(9-5-12-6-9)11(16)14-4-3-13(2)10(15)7-14/h8-9,12H,3-7H2,1-2H3. The third kappa shape index (κ3) is 2.04. The third-order valence-corrected chi connectivity index (χ3v) is 3.68. The van der Waals surface area contributed by atoms with Crippen LogP contribution in [-0.2, 0) is 9.59 Å². The van der Waals surface area contributed by atoms with Crippen LogP contribution in [-0.4, -0.2) is 61.4 Å². The maximum Gasteiger partial charge on any atom is 0.241 e. The molecule has 0 saturated carbocycles. The molecule has 0 bridgehead atoms. The van der Waals surface area contributed by atoms with Crippen molar-refractivity contribution < 1.29 is 9.59 Å². The highest BCUT2D eigenvalue weighted by molar-refractivity contribution is 5.87. The molecule has 2 amide bonds. The predicted molar refractivity (Wildman–Crippen MR) is 59.7 cm³/mol. The lowest BCUT2D eigenvalue weighted by atomic mass is 9.88. The van der Waals surface area contributed by atoms with Crippen molar-refractivity contribution in [2.45, 2.75) is 6.92 Å². The van der Waals surface area contributed by atoms with Gasteiger partial charge in [-0.3, -0.25) is 9.59 Å². The van der Waals surface area contributed by atoms with Gasteiger partial charge in [0.2, 0.25) is 11.8 Å². The van der Waals surface area contributed by atoms with Crippen molar-refractivity contribution in [1.82, 2.24) is 15.1 Å². The Balaban J connectivity index is 1.91. The highest BCUT2D eigenvalue weighted by Gasteiger charge is 2.34. The molecule has 2 saturated heterocycles. The molecule has 5 nitrogen and oxygen atoms in total. The van der Waals surface area contributed by atoms with Crippen LogP contribution in [0.2, 0.25) is 0 Å². The quantitative estimate of drug-likeness (QED) is 0.665. The highest BCUT2D eigenvalue weighted by Crippen LogP contribution is 2.19. The van der Waals surface area contributed by atoms with Gasteiger partial charge in [-0.1, -0.05) is 6.92 Å². The molecule has 90 valence electrons. The Labute approximate surface area is 95.8 Å². The van der Waals surface area contributed by atoms with E-state index < -0.39 is 0 Å². The van der Waals surface area contributed by atoms with Crippen LogP contribution in [0.15, 0.2) is 0 Å². The van der Waals surface area contributed by atoms with E-state index in [2.05, 4.69) is 5.32 Å². The van der Waals surface area contributed by atoms with Crippen molar-refractivity contribution in [3.05, 3.63) is 0 Å². The van der Waals surface area contributed by atoms with Crippen molar-refractivity contribution in [3.63, 3.8) is 0 Å². The van der Waals surface area contributed by atoms with E-state index in [0.717, 1.165) is 13.1 Å². The maximum absolute atomic E-state index is 12.1. The van der Waals surface area contributed by atoms with Crippen LogP contribution in [0.5, 0.6) is 0 Å². The Kier molecular flexibility index (Phi) is 3.14. The monoisotopic (exact) mass is 225 g/mol. The summed E-state index contributed by atoms with van der Waals surface area (Å²) >= 11 is 0. The largest absolute Gasteiger partial charge is 0.342 e. The highest BCUT2D eigenvalue weighted by atomic mass is 16.2. The number of hydrogen-bond donors (Lipinski definition) is 1. The van der Waals surface area contributed by atoms with Gasteiger partial charge in [0.1, 0.15) is 0 Å². The van der Waals surface area contributed by atoms with Crippen LogP contribution in [0, 0.1) is 11.8 Å². The zero-order chi connectivity index (χ0) is 11.7. The summed E-state index contributed by atoms with van der Waals surface area (Å²) in [4.78, 5) is 27.0. The fraction of sp³-hybridized carbons (Fsp3) is 0.818. The minimum Gasteiger partial charge on any atom is -0.342 e. The first-order valence-electron chi connectivity index (χ1n) is 5.83. The number of amides is 2. The van der Waals surface area contributed by atoms with Gasteiger partial charge in [0.15, 0.2) is 0 Å². The molecule has 0 radical (unpaired) electrons. The smallest absolute Gasteiger partial charge is 0.241 e. The third-order valence-electron chi connectivity index (χ3n) is 3.68. The maximum atomic E-state index is 12.1. The minimum absolute atomic E-state index is 0.0393. The molecule has 2 rings (SSSR count). The van der Waals surface area contributed by atoms with E-state index in [0.29, 0.717) is 19.0 Å². The summed E-state index contributed by atoms with van der Waals surface area (Å²) in [7, 11) is 1.78. The van der Waals surface area contributed by atoms with E-state index in [-0.39, 0.29) is 24.3 Å². The number of nitrogens with zero attached hydrogens (tertiary/aromatic N) is 2. The van der Waals surface area contributed by atoms with Crippen molar-refractivity contribution in [2.75, 3.05) is 39.8 Å². The number of rotatable bonds is 2. The summed E-state index contributed by atoms with van der Waals surface area (Å²) < 4.78 is 0. The Morgan fingerprint density at radius 1 is 1.44 bits per heavy atom. The van der Waals surface area contributed by atoms with E-state index in [1.807, 2.05) is 6.92 Å². The summed E-state index contributed by atoms with van der Waals surface area (Å²) in [6.07, 6.45) is 0. The van der Waals surface area contributed by atoms with Gasteiger partial charge >= 0.3 is 0 Å². The van der Waals surface area contributed by atoms with E-state index in [1.54, 1.807) is 16.8 Å². The molecule has 1 N–H and O–H groups in total. The van der Waals surface area contributed by atoms with Gasteiger partial charge in [0.05, 0.1) is 6.54 Å². The molecule has 0 aliphatic carbocycles. The molecular weight excluding hydrogens is 206 g/mol. The average molecular weight is 225 g/mol. The van der Waals surface area contributed by atoms with Gasteiger partial charge in [-0.25, -0.2) is 0 Å². The van der Waals surface area contributed by atoms with Gasteiger partial charge < -0.3 is 15.1 Å². The van der Waals surface area contributed by atoms with E-state index in [9.17, 15) is 9.59 Å². The number of carbonyl (C=O) groups is 2. The Bertz CT molecular complexity index is 302. The second-order valence-electron chi connectivity index (χ2n) is 4.78. The molecule has 0 spiro atoms. The first kappa shape index (κ1) is 11.4. The number of piperazine rings is 1. The normalized spacial score (nSPS) is 24.2. The van der Waals surface area contributed by atoms with Crippen LogP contribution in [0.3, 0.4) is 0 Å². The Hall–Kier alpha value is -1.10. The summed E-state index contributed by atoms with van der Waals surface area (Å²) in [6, 6.07) is 0. The molecule has 2 aliphatic rings. The van der Waals surface area contributed by atoms with Crippen LogP contribution >= 0.6 is 0 Å². The minimum atomic E-state index is 0.0393. The topological polar surface area (TPSA) is 52.7 Å². The Morgan fingerprint density at radius 3 is 2.62 bits per heavy atom. The van der Waals surface area contributed by atoms with Gasteiger partial charge in [-0.15, -0.1) is 0 Å². The molecule has 0 aromatic rings. The molecule has 16 heavy (non-hydrogen) atoms. The number of carbonyl (C=O) groups excluding carboxylic acids is 2. The molecule has 5 heteroatoms. The second kappa shape index (κ2) is 4.41. The van der Waals surface area contributed by atoms with Crippen LogP contribution in [0.25, 0.3) is 0 Å². The molecule has 2 fully saturated rings. The first-order valence-corrected chi connectivity index (χ1v) is 5.83. The molecule has 0 aromatic heterocycles. The lowest BCUT2D eigenvalue weighted by Crippen LogP contribution is -2.55. The number of likely N-dealkylation sites (N-methyl/N-ethyl adjacent to an activating group) is 1. The van der Waals surface area contributed by atoms with E-state index >= 15 is 0 Å². The van der Waals surface area contributed by atoms with Gasteiger partial charge in [0, 0.05) is 26.1 Å². The second-order valence-corrected chi connectivity index (χ2v) is 4.78. The van der Waals surface area contributed by atoms with Crippen LogP contribution in [0.1, 0.15) is 6.92 Å². The van der Waals surface area contributed by atoms with Crippen molar-refractivity contribution in [2.24, 2.45) is 11.8 Å². The molecule has 1 atom stereocenters. The fourth-order valence-electron chi connectivity index (χ4n) is 2.10. The summed E-state index contributed by atoms with van der Waals surface area (Å²) in [5, 5.41) is 3.17. The lowest BCUT2D eigenvalue weighted by molar-refractivity contribution is -0.147. The van der Waals surface area contributed by atoms with Gasteiger partial charge in [-0.2, -0.15) is 0 Å². The van der Waals surface area contributed by atoms with Crippen LogP contribution < -0.4 is 5.32 Å². The van der Waals surface area contributed by atoms with Crippen molar-refractivity contribution in [3.8, 4) is 0 Å². The van der Waals surface area contributed by atoms with Crippen LogP contribution in [0.4, 0.5) is 0 Å². The number of hydrogen-bond acceptors (Lipinski definition) is 3. The molecule has 0 aromatic carbocycles. The molecular formula is C11H19N3O2. The molecule has 2 heterocycles. The van der Waals surface area contributed by atoms with Gasteiger partial charge in [0.25, 0.3) is 0 Å². The summed E-state index contributed by atoms with van der Waals surface area (Å²) in [6.45, 7) is 5.39. The summed E-state index contributed by atoms with van der Waals surface area (Å²) in [5.74, 6) is 0.659. The SMILES string of the molecule is CC(C(=O)N1CCN(C)C(=O)C1)C1CNC1. The zero-order valence-electron chi connectivity index (χ0n) is 9.90. The fourth-order valence-corrected chi connectivity index (χ4v) is 2.10. The first-order chi connectivity index (χ1) is 7.59. The predicted octanol–water partition coefficient (Wildman–Crippen LogP) is -0.857. The molecule has 2 aliphatic heterocycles. The van der Waals surface area contributed by atoms with Crippen molar-refractivity contribution >= 4 is 11.8 Å². The number of nitrogens with one attached hydrogen (secondary N) is 1. The lowest BCUT2D eigenvalue weighted by Gasteiger charge is -2.37. The van der Waals surface area contributed by atoms with Crippen molar-refractivity contribution in [1.29, 1.82) is 0 Å². The van der Waals surface area contributed by atoms with Gasteiger partial charge in [-0.05, 0) is 19.0 Å². The van der Waals surface area contributed by atoms with E-state index in [4.69, 9.17) is 0 Å². The summed E-state index contributed by atoms with van der Waals surface area (Å²) in [5.41, 5.74) is 0.